The molecule has 0 amide bonds. The number of piperidine rings is 1. The average Bonchev–Trinajstić information content (AvgIpc) is 2.41. The highest BCUT2D eigenvalue weighted by Gasteiger charge is 2.35. The van der Waals surface area contributed by atoms with E-state index in [2.05, 4.69) is 6.92 Å². The molecular formula is C15H24N2O2S. The van der Waals surface area contributed by atoms with Gasteiger partial charge in [-0.3, -0.25) is 0 Å². The Morgan fingerprint density at radius 1 is 1.35 bits per heavy atom. The second kappa shape index (κ2) is 5.84. The van der Waals surface area contributed by atoms with Crippen LogP contribution in [-0.2, 0) is 16.6 Å². The van der Waals surface area contributed by atoms with Crippen LogP contribution in [0.25, 0.3) is 0 Å². The van der Waals surface area contributed by atoms with Crippen LogP contribution in [0, 0.1) is 12.8 Å². The second-order valence-electron chi connectivity index (χ2n) is 5.72. The zero-order valence-electron chi connectivity index (χ0n) is 12.5. The molecule has 1 saturated heterocycles. The maximum absolute atomic E-state index is 12.9. The normalized spacial score (nSPS) is 24.8. The van der Waals surface area contributed by atoms with Gasteiger partial charge < -0.3 is 5.73 Å². The van der Waals surface area contributed by atoms with Crippen molar-refractivity contribution in [2.75, 3.05) is 6.54 Å². The number of rotatable bonds is 3. The number of nitrogens with two attached hydrogens (primary N) is 1. The molecule has 0 aliphatic carbocycles. The summed E-state index contributed by atoms with van der Waals surface area (Å²) in [4.78, 5) is 0.404. The number of hydrogen-bond donors (Lipinski definition) is 1. The van der Waals surface area contributed by atoms with Crippen LogP contribution in [0.5, 0.6) is 0 Å². The van der Waals surface area contributed by atoms with Crippen molar-refractivity contribution in [1.29, 1.82) is 0 Å². The molecule has 4 nitrogen and oxygen atoms in total. The fourth-order valence-electron chi connectivity index (χ4n) is 2.92. The first-order valence-corrected chi connectivity index (χ1v) is 8.64. The van der Waals surface area contributed by atoms with Gasteiger partial charge in [-0.25, -0.2) is 8.42 Å². The molecule has 2 atom stereocenters. The van der Waals surface area contributed by atoms with Crippen LogP contribution in [0.15, 0.2) is 23.1 Å². The summed E-state index contributed by atoms with van der Waals surface area (Å²) < 4.78 is 27.5. The summed E-state index contributed by atoms with van der Waals surface area (Å²) in [5.74, 6) is 0.400. The maximum Gasteiger partial charge on any atom is 0.243 e. The van der Waals surface area contributed by atoms with Crippen LogP contribution >= 0.6 is 0 Å². The molecule has 2 N–H and O–H groups in total. The number of benzene rings is 1. The van der Waals surface area contributed by atoms with Crippen molar-refractivity contribution in [3.63, 3.8) is 0 Å². The van der Waals surface area contributed by atoms with Crippen LogP contribution in [0.3, 0.4) is 0 Å². The van der Waals surface area contributed by atoms with E-state index in [-0.39, 0.29) is 6.04 Å². The average molecular weight is 296 g/mol. The third-order valence-electron chi connectivity index (χ3n) is 4.52. The van der Waals surface area contributed by atoms with E-state index in [0.29, 0.717) is 23.9 Å². The SMILES string of the molecule is Cc1c(CN)cccc1S(=O)(=O)N1CCCC(C)C1C. The first-order chi connectivity index (χ1) is 9.39. The highest BCUT2D eigenvalue weighted by atomic mass is 32.2. The van der Waals surface area contributed by atoms with E-state index in [1.807, 2.05) is 19.9 Å². The van der Waals surface area contributed by atoms with Gasteiger partial charge in [-0.15, -0.1) is 0 Å². The van der Waals surface area contributed by atoms with Crippen molar-refractivity contribution >= 4 is 10.0 Å². The zero-order valence-corrected chi connectivity index (χ0v) is 13.3. The number of hydrogen-bond acceptors (Lipinski definition) is 3. The fraction of sp³-hybridized carbons (Fsp3) is 0.600. The van der Waals surface area contributed by atoms with Crippen LogP contribution < -0.4 is 5.73 Å². The predicted octanol–water partition coefficient (Wildman–Crippen LogP) is 2.26. The van der Waals surface area contributed by atoms with Crippen LogP contribution in [0.2, 0.25) is 0 Å². The summed E-state index contributed by atoms with van der Waals surface area (Å²) in [6.07, 6.45) is 2.02. The van der Waals surface area contributed by atoms with Gasteiger partial charge in [0.15, 0.2) is 0 Å². The Morgan fingerprint density at radius 2 is 2.05 bits per heavy atom. The first-order valence-electron chi connectivity index (χ1n) is 7.20. The topological polar surface area (TPSA) is 63.4 Å². The standard InChI is InChI=1S/C15H24N2O2S/c1-11-6-5-9-17(13(11)3)20(18,19)15-8-4-7-14(10-16)12(15)2/h4,7-8,11,13H,5-6,9-10,16H2,1-3H3. The molecule has 0 aromatic heterocycles. The van der Waals surface area contributed by atoms with E-state index in [0.717, 1.165) is 24.0 Å². The summed E-state index contributed by atoms with van der Waals surface area (Å²) in [5.41, 5.74) is 7.35. The Morgan fingerprint density at radius 3 is 2.70 bits per heavy atom. The van der Waals surface area contributed by atoms with Gasteiger partial charge in [0, 0.05) is 19.1 Å². The molecule has 0 saturated carbocycles. The van der Waals surface area contributed by atoms with Gasteiger partial charge in [0.2, 0.25) is 10.0 Å². The largest absolute Gasteiger partial charge is 0.326 e. The lowest BCUT2D eigenvalue weighted by atomic mass is 9.94. The molecular weight excluding hydrogens is 272 g/mol. The van der Waals surface area contributed by atoms with E-state index in [9.17, 15) is 8.42 Å². The zero-order chi connectivity index (χ0) is 14.9. The Bertz CT molecular complexity index is 584. The molecule has 2 rings (SSSR count). The highest BCUT2D eigenvalue weighted by Crippen LogP contribution is 2.30. The van der Waals surface area contributed by atoms with Crippen molar-refractivity contribution in [2.45, 2.75) is 51.1 Å². The van der Waals surface area contributed by atoms with Gasteiger partial charge >= 0.3 is 0 Å². The number of nitrogens with zero attached hydrogens (tertiary/aromatic N) is 1. The molecule has 5 heteroatoms. The van der Waals surface area contributed by atoms with Crippen molar-refractivity contribution in [2.24, 2.45) is 11.7 Å². The smallest absolute Gasteiger partial charge is 0.243 e. The van der Waals surface area contributed by atoms with E-state index in [4.69, 9.17) is 5.73 Å². The summed E-state index contributed by atoms with van der Waals surface area (Å²) in [5, 5.41) is 0. The van der Waals surface area contributed by atoms with Crippen LogP contribution in [0.4, 0.5) is 0 Å². The highest BCUT2D eigenvalue weighted by molar-refractivity contribution is 7.89. The molecule has 1 aromatic rings. The van der Waals surface area contributed by atoms with Gasteiger partial charge in [0.1, 0.15) is 0 Å². The molecule has 1 aliphatic heterocycles. The van der Waals surface area contributed by atoms with Crippen LogP contribution in [-0.4, -0.2) is 25.3 Å². The summed E-state index contributed by atoms with van der Waals surface area (Å²) in [6, 6.07) is 5.40. The summed E-state index contributed by atoms with van der Waals surface area (Å²) in [7, 11) is -3.43. The van der Waals surface area contributed by atoms with E-state index < -0.39 is 10.0 Å². The predicted molar refractivity (Wildman–Crippen MR) is 80.8 cm³/mol. The Kier molecular flexibility index (Phi) is 4.52. The van der Waals surface area contributed by atoms with Crippen molar-refractivity contribution < 1.29 is 8.42 Å². The second-order valence-corrected chi connectivity index (χ2v) is 7.58. The van der Waals surface area contributed by atoms with E-state index >= 15 is 0 Å². The van der Waals surface area contributed by atoms with Gasteiger partial charge in [0.05, 0.1) is 4.90 Å². The number of sulfonamides is 1. The monoisotopic (exact) mass is 296 g/mol. The van der Waals surface area contributed by atoms with Gasteiger partial charge in [0.25, 0.3) is 0 Å². The van der Waals surface area contributed by atoms with Gasteiger partial charge in [-0.05, 0) is 49.8 Å². The minimum Gasteiger partial charge on any atom is -0.326 e. The molecule has 112 valence electrons. The Hall–Kier alpha value is -0.910. The fourth-order valence-corrected chi connectivity index (χ4v) is 4.96. The van der Waals surface area contributed by atoms with Crippen molar-refractivity contribution in [1.82, 2.24) is 4.31 Å². The summed E-state index contributed by atoms with van der Waals surface area (Å²) >= 11 is 0. The molecule has 1 aliphatic rings. The molecule has 2 unspecified atom stereocenters. The van der Waals surface area contributed by atoms with Crippen LogP contribution in [0.1, 0.15) is 37.8 Å². The molecule has 1 fully saturated rings. The third kappa shape index (κ3) is 2.62. The van der Waals surface area contributed by atoms with E-state index in [1.54, 1.807) is 16.4 Å². The summed E-state index contributed by atoms with van der Waals surface area (Å²) in [6.45, 7) is 6.94. The molecule has 20 heavy (non-hydrogen) atoms. The van der Waals surface area contributed by atoms with Crippen molar-refractivity contribution in [3.8, 4) is 0 Å². The van der Waals surface area contributed by atoms with Gasteiger partial charge in [-0.2, -0.15) is 4.31 Å². The third-order valence-corrected chi connectivity index (χ3v) is 6.65. The maximum atomic E-state index is 12.9. The van der Waals surface area contributed by atoms with Crippen molar-refractivity contribution in [3.05, 3.63) is 29.3 Å². The lowest BCUT2D eigenvalue weighted by Gasteiger charge is -2.37. The quantitative estimate of drug-likeness (QED) is 0.930. The lowest BCUT2D eigenvalue weighted by Crippen LogP contribution is -2.46. The minimum atomic E-state index is -3.43. The minimum absolute atomic E-state index is 0.0506. The van der Waals surface area contributed by atoms with Gasteiger partial charge in [-0.1, -0.05) is 19.1 Å². The Labute approximate surface area is 122 Å². The molecule has 0 spiro atoms. The first kappa shape index (κ1) is 15.5. The molecule has 1 aromatic carbocycles. The molecule has 1 heterocycles. The lowest BCUT2D eigenvalue weighted by molar-refractivity contribution is 0.202. The molecule has 0 bridgehead atoms. The van der Waals surface area contributed by atoms with E-state index in [1.165, 1.54) is 0 Å². The Balaban J connectivity index is 2.45. The molecule has 0 radical (unpaired) electrons.